The van der Waals surface area contributed by atoms with Crippen LogP contribution < -0.4 is 4.74 Å². The van der Waals surface area contributed by atoms with Gasteiger partial charge in [-0.2, -0.15) is 0 Å². The van der Waals surface area contributed by atoms with Crippen molar-refractivity contribution in [3.8, 4) is 5.75 Å². The van der Waals surface area contributed by atoms with Gasteiger partial charge in [-0.3, -0.25) is 0 Å². The fraction of sp³-hybridized carbons (Fsp3) is 0.538. The Morgan fingerprint density at radius 3 is 2.47 bits per heavy atom. The number of hydrogen-bond acceptors (Lipinski definition) is 4. The highest BCUT2D eigenvalue weighted by molar-refractivity contribution is 9.10. The molecule has 1 aromatic carbocycles. The molecule has 108 valence electrons. The summed E-state index contributed by atoms with van der Waals surface area (Å²) in [5.74, 6) is 0.669. The average Bonchev–Trinajstić information content (AvgIpc) is 2.30. The molecule has 0 aliphatic heterocycles. The number of ether oxygens (including phenoxy) is 1. The molecular formula is C13H19BrO4S. The van der Waals surface area contributed by atoms with Crippen LogP contribution in [-0.2, 0) is 16.3 Å². The van der Waals surface area contributed by atoms with Gasteiger partial charge in [-0.15, -0.1) is 0 Å². The Balaban J connectivity index is 3.03. The summed E-state index contributed by atoms with van der Waals surface area (Å²) in [6.45, 7) is 3.06. The third-order valence-corrected chi connectivity index (χ3v) is 6.38. The number of halogens is 1. The Kier molecular flexibility index (Phi) is 5.03. The zero-order chi connectivity index (χ0) is 14.8. The molecule has 0 aliphatic rings. The minimum atomic E-state index is -3.35. The van der Waals surface area contributed by atoms with Gasteiger partial charge in [-0.1, -0.05) is 15.9 Å². The highest BCUT2D eigenvalue weighted by Crippen LogP contribution is 2.28. The normalized spacial score (nSPS) is 14.2. The number of hydrogen-bond donors (Lipinski definition) is 1. The van der Waals surface area contributed by atoms with Gasteiger partial charge in [0.1, 0.15) is 5.75 Å². The maximum Gasteiger partial charge on any atom is 0.155 e. The van der Waals surface area contributed by atoms with Crippen molar-refractivity contribution < 1.29 is 18.3 Å². The lowest BCUT2D eigenvalue weighted by molar-refractivity contribution is 0.137. The quantitative estimate of drug-likeness (QED) is 0.883. The Bertz CT molecular complexity index is 552. The van der Waals surface area contributed by atoms with E-state index in [1.165, 1.54) is 13.8 Å². The molecular weight excluding hydrogens is 332 g/mol. The van der Waals surface area contributed by atoms with Crippen LogP contribution in [0.2, 0.25) is 0 Å². The molecule has 0 radical (unpaired) electrons. The fourth-order valence-corrected chi connectivity index (χ4v) is 2.52. The van der Waals surface area contributed by atoms with Gasteiger partial charge in [-0.25, -0.2) is 8.42 Å². The SMILES string of the molecule is COc1ccc(Br)c(CC(O)C(C)(C)S(C)(=O)=O)c1. The Morgan fingerprint density at radius 1 is 1.42 bits per heavy atom. The van der Waals surface area contributed by atoms with Crippen molar-refractivity contribution in [2.24, 2.45) is 0 Å². The van der Waals surface area contributed by atoms with Gasteiger partial charge in [0.05, 0.1) is 18.0 Å². The molecule has 0 saturated heterocycles. The first-order valence-electron chi connectivity index (χ1n) is 5.79. The van der Waals surface area contributed by atoms with Gasteiger partial charge in [0.15, 0.2) is 9.84 Å². The van der Waals surface area contributed by atoms with E-state index in [1.807, 2.05) is 6.07 Å². The molecule has 1 N–H and O–H groups in total. The van der Waals surface area contributed by atoms with Crippen molar-refractivity contribution in [1.82, 2.24) is 0 Å². The van der Waals surface area contributed by atoms with Crippen molar-refractivity contribution in [2.45, 2.75) is 31.1 Å². The Hall–Kier alpha value is -0.590. The molecule has 4 nitrogen and oxygen atoms in total. The van der Waals surface area contributed by atoms with Crippen LogP contribution in [0.3, 0.4) is 0 Å². The molecule has 0 aromatic heterocycles. The second kappa shape index (κ2) is 5.81. The Labute approximate surface area is 122 Å². The minimum absolute atomic E-state index is 0.234. The smallest absolute Gasteiger partial charge is 0.155 e. The zero-order valence-electron chi connectivity index (χ0n) is 11.5. The monoisotopic (exact) mass is 350 g/mol. The molecule has 1 atom stereocenters. The third-order valence-electron chi connectivity index (χ3n) is 3.42. The first-order valence-corrected chi connectivity index (χ1v) is 8.48. The van der Waals surface area contributed by atoms with Gasteiger partial charge in [0.2, 0.25) is 0 Å². The summed E-state index contributed by atoms with van der Waals surface area (Å²) in [7, 11) is -1.79. The van der Waals surface area contributed by atoms with E-state index in [-0.39, 0.29) is 6.42 Å². The molecule has 0 amide bonds. The summed E-state index contributed by atoms with van der Waals surface area (Å²) < 4.78 is 28.1. The molecule has 0 saturated carbocycles. The molecule has 6 heteroatoms. The summed E-state index contributed by atoms with van der Waals surface area (Å²) in [5, 5.41) is 10.2. The summed E-state index contributed by atoms with van der Waals surface area (Å²) in [5.41, 5.74) is 0.809. The summed E-state index contributed by atoms with van der Waals surface area (Å²) in [4.78, 5) is 0. The Morgan fingerprint density at radius 2 is 2.00 bits per heavy atom. The van der Waals surface area contributed by atoms with Gasteiger partial charge < -0.3 is 9.84 Å². The zero-order valence-corrected chi connectivity index (χ0v) is 13.9. The number of aliphatic hydroxyl groups is 1. The first-order chi connectivity index (χ1) is 8.59. The van der Waals surface area contributed by atoms with Crippen LogP contribution in [0.25, 0.3) is 0 Å². The number of aliphatic hydroxyl groups excluding tert-OH is 1. The summed E-state index contributed by atoms with van der Waals surface area (Å²) in [6, 6.07) is 5.39. The van der Waals surface area contributed by atoms with Crippen LogP contribution in [0.5, 0.6) is 5.75 Å². The van der Waals surface area contributed by atoms with Crippen molar-refractivity contribution >= 4 is 25.8 Å². The number of sulfone groups is 1. The lowest BCUT2D eigenvalue weighted by Crippen LogP contribution is -2.44. The van der Waals surface area contributed by atoms with Gasteiger partial charge >= 0.3 is 0 Å². The van der Waals surface area contributed by atoms with E-state index in [4.69, 9.17) is 4.74 Å². The van der Waals surface area contributed by atoms with Crippen molar-refractivity contribution in [3.05, 3.63) is 28.2 Å². The van der Waals surface area contributed by atoms with Crippen LogP contribution in [0.4, 0.5) is 0 Å². The first kappa shape index (κ1) is 16.5. The summed E-state index contributed by atoms with van der Waals surface area (Å²) >= 11 is 3.39. The molecule has 0 aliphatic carbocycles. The number of rotatable bonds is 5. The molecule has 1 aromatic rings. The van der Waals surface area contributed by atoms with Crippen LogP contribution in [0.1, 0.15) is 19.4 Å². The van der Waals surface area contributed by atoms with Gasteiger partial charge in [0, 0.05) is 17.1 Å². The van der Waals surface area contributed by atoms with E-state index >= 15 is 0 Å². The lowest BCUT2D eigenvalue weighted by atomic mass is 9.98. The second-order valence-corrected chi connectivity index (χ2v) is 8.50. The van der Waals surface area contributed by atoms with E-state index < -0.39 is 20.7 Å². The number of methoxy groups -OCH3 is 1. The largest absolute Gasteiger partial charge is 0.497 e. The highest BCUT2D eigenvalue weighted by atomic mass is 79.9. The second-order valence-electron chi connectivity index (χ2n) is 5.05. The third kappa shape index (κ3) is 3.70. The van der Waals surface area contributed by atoms with Crippen molar-refractivity contribution in [3.63, 3.8) is 0 Å². The van der Waals surface area contributed by atoms with Crippen LogP contribution in [-0.4, -0.2) is 37.7 Å². The van der Waals surface area contributed by atoms with Crippen molar-refractivity contribution in [2.75, 3.05) is 13.4 Å². The fourth-order valence-electron chi connectivity index (χ4n) is 1.54. The number of benzene rings is 1. The molecule has 0 spiro atoms. The standard InChI is InChI=1S/C13H19BrO4S/c1-13(2,19(4,16)17)12(15)8-9-7-10(18-3)5-6-11(9)14/h5-7,12,15H,8H2,1-4H3. The molecule has 0 fully saturated rings. The molecule has 0 heterocycles. The van der Waals surface area contributed by atoms with Crippen LogP contribution in [0.15, 0.2) is 22.7 Å². The van der Waals surface area contributed by atoms with E-state index in [9.17, 15) is 13.5 Å². The van der Waals surface area contributed by atoms with Crippen LogP contribution in [0, 0.1) is 0 Å². The molecule has 0 bridgehead atoms. The van der Waals surface area contributed by atoms with E-state index in [0.29, 0.717) is 5.75 Å². The summed E-state index contributed by atoms with van der Waals surface area (Å²) in [6.07, 6.45) is 0.375. The van der Waals surface area contributed by atoms with Gasteiger partial charge in [0.25, 0.3) is 0 Å². The maximum atomic E-state index is 11.7. The predicted octanol–water partition coefficient (Wildman–Crippen LogP) is 2.18. The molecule has 1 rings (SSSR count). The maximum absolute atomic E-state index is 11.7. The highest BCUT2D eigenvalue weighted by Gasteiger charge is 2.38. The van der Waals surface area contributed by atoms with E-state index in [2.05, 4.69) is 15.9 Å². The van der Waals surface area contributed by atoms with Gasteiger partial charge in [-0.05, 0) is 37.6 Å². The topological polar surface area (TPSA) is 63.6 Å². The van der Waals surface area contributed by atoms with E-state index in [0.717, 1.165) is 16.3 Å². The predicted molar refractivity (Wildman–Crippen MR) is 79.3 cm³/mol. The molecule has 19 heavy (non-hydrogen) atoms. The van der Waals surface area contributed by atoms with E-state index in [1.54, 1.807) is 19.2 Å². The molecule has 1 unspecified atom stereocenters. The average molecular weight is 351 g/mol. The van der Waals surface area contributed by atoms with Crippen LogP contribution >= 0.6 is 15.9 Å². The lowest BCUT2D eigenvalue weighted by Gasteiger charge is -2.29. The van der Waals surface area contributed by atoms with Crippen molar-refractivity contribution in [1.29, 1.82) is 0 Å². The minimum Gasteiger partial charge on any atom is -0.497 e.